The molecule has 1 saturated carbocycles. The first-order valence-electron chi connectivity index (χ1n) is 7.45. The van der Waals surface area contributed by atoms with Gasteiger partial charge in [0, 0.05) is 30.1 Å². The Balaban J connectivity index is 1.46. The minimum Gasteiger partial charge on any atom is -0.314 e. The van der Waals surface area contributed by atoms with Crippen LogP contribution in [0, 0.1) is 5.92 Å². The highest BCUT2D eigenvalue weighted by Crippen LogP contribution is 2.32. The SMILES string of the molecule is CC(c1ccc(Cl)s1)N1CCC(NCC2CC2)CC1. The number of hydrogen-bond donors (Lipinski definition) is 1. The molecule has 1 atom stereocenters. The molecular weight excluding hydrogens is 276 g/mol. The summed E-state index contributed by atoms with van der Waals surface area (Å²) in [7, 11) is 0. The van der Waals surface area contributed by atoms with Gasteiger partial charge in [-0.15, -0.1) is 11.3 Å². The van der Waals surface area contributed by atoms with Crippen molar-refractivity contribution in [1.82, 2.24) is 10.2 Å². The average molecular weight is 299 g/mol. The van der Waals surface area contributed by atoms with Crippen molar-refractivity contribution >= 4 is 22.9 Å². The van der Waals surface area contributed by atoms with Gasteiger partial charge in [0.05, 0.1) is 4.34 Å². The standard InChI is InChI=1S/C15H23ClN2S/c1-11(14-4-5-15(16)19-14)18-8-6-13(7-9-18)17-10-12-2-3-12/h4-5,11-13,17H,2-3,6-10H2,1H3. The normalized spacial score (nSPS) is 23.7. The van der Waals surface area contributed by atoms with Gasteiger partial charge in [-0.2, -0.15) is 0 Å². The summed E-state index contributed by atoms with van der Waals surface area (Å²) in [5, 5.41) is 3.74. The first-order chi connectivity index (χ1) is 9.22. The maximum atomic E-state index is 6.03. The van der Waals surface area contributed by atoms with Crippen molar-refractivity contribution in [2.45, 2.75) is 44.7 Å². The second-order valence-electron chi connectivity index (χ2n) is 5.98. The van der Waals surface area contributed by atoms with Crippen LogP contribution in [-0.4, -0.2) is 30.6 Å². The van der Waals surface area contributed by atoms with Crippen LogP contribution in [0.4, 0.5) is 0 Å². The Kier molecular flexibility index (Phi) is 4.47. The number of halogens is 1. The molecule has 2 fully saturated rings. The van der Waals surface area contributed by atoms with Crippen LogP contribution in [0.1, 0.15) is 43.5 Å². The number of rotatable bonds is 5. The largest absolute Gasteiger partial charge is 0.314 e. The van der Waals surface area contributed by atoms with Gasteiger partial charge in [0.1, 0.15) is 0 Å². The first kappa shape index (κ1) is 13.9. The molecular formula is C15H23ClN2S. The van der Waals surface area contributed by atoms with E-state index in [1.807, 2.05) is 6.07 Å². The van der Waals surface area contributed by atoms with Crippen molar-refractivity contribution in [2.24, 2.45) is 5.92 Å². The van der Waals surface area contributed by atoms with Crippen molar-refractivity contribution in [1.29, 1.82) is 0 Å². The van der Waals surface area contributed by atoms with E-state index in [0.717, 1.165) is 16.3 Å². The highest BCUT2D eigenvalue weighted by molar-refractivity contribution is 7.16. The number of likely N-dealkylation sites (tertiary alicyclic amines) is 1. The van der Waals surface area contributed by atoms with Crippen molar-refractivity contribution in [3.63, 3.8) is 0 Å². The quantitative estimate of drug-likeness (QED) is 0.886. The summed E-state index contributed by atoms with van der Waals surface area (Å²) in [6, 6.07) is 5.45. The lowest BCUT2D eigenvalue weighted by molar-refractivity contribution is 0.154. The number of nitrogens with one attached hydrogen (secondary N) is 1. The Morgan fingerprint density at radius 3 is 2.63 bits per heavy atom. The number of nitrogens with zero attached hydrogens (tertiary/aromatic N) is 1. The summed E-state index contributed by atoms with van der Waals surface area (Å²) in [6.07, 6.45) is 5.47. The lowest BCUT2D eigenvalue weighted by atomic mass is 10.0. The smallest absolute Gasteiger partial charge is 0.0931 e. The van der Waals surface area contributed by atoms with E-state index in [1.54, 1.807) is 11.3 Å². The fourth-order valence-corrected chi connectivity index (χ4v) is 4.03. The van der Waals surface area contributed by atoms with E-state index in [0.29, 0.717) is 6.04 Å². The molecule has 2 aliphatic rings. The molecule has 1 unspecified atom stereocenters. The summed E-state index contributed by atoms with van der Waals surface area (Å²) >= 11 is 7.75. The third kappa shape index (κ3) is 3.72. The molecule has 2 nitrogen and oxygen atoms in total. The summed E-state index contributed by atoms with van der Waals surface area (Å²) < 4.78 is 0.905. The van der Waals surface area contributed by atoms with Gasteiger partial charge < -0.3 is 5.32 Å². The van der Waals surface area contributed by atoms with E-state index >= 15 is 0 Å². The number of hydrogen-bond acceptors (Lipinski definition) is 3. The molecule has 1 aliphatic carbocycles. The number of piperidine rings is 1. The zero-order valence-electron chi connectivity index (χ0n) is 11.6. The lowest BCUT2D eigenvalue weighted by Gasteiger charge is -2.36. The van der Waals surface area contributed by atoms with Crippen LogP contribution in [0.5, 0.6) is 0 Å². The van der Waals surface area contributed by atoms with Gasteiger partial charge in [-0.05, 0) is 57.2 Å². The lowest BCUT2D eigenvalue weighted by Crippen LogP contribution is -2.43. The van der Waals surface area contributed by atoms with Gasteiger partial charge in [0.2, 0.25) is 0 Å². The Hall–Kier alpha value is -0.0900. The highest BCUT2D eigenvalue weighted by Gasteiger charge is 2.26. The minimum absolute atomic E-state index is 0.516. The van der Waals surface area contributed by atoms with Crippen LogP contribution in [0.25, 0.3) is 0 Å². The van der Waals surface area contributed by atoms with Gasteiger partial charge in [-0.3, -0.25) is 4.90 Å². The molecule has 1 aromatic rings. The van der Waals surface area contributed by atoms with Crippen molar-refractivity contribution < 1.29 is 0 Å². The maximum absolute atomic E-state index is 6.03. The van der Waals surface area contributed by atoms with Crippen LogP contribution < -0.4 is 5.32 Å². The molecule has 1 saturated heterocycles. The predicted molar refractivity (Wildman–Crippen MR) is 83.1 cm³/mol. The van der Waals surface area contributed by atoms with Crippen LogP contribution in [-0.2, 0) is 0 Å². The van der Waals surface area contributed by atoms with Crippen LogP contribution >= 0.6 is 22.9 Å². The molecule has 1 aliphatic heterocycles. The molecule has 0 aromatic carbocycles. The van der Waals surface area contributed by atoms with Crippen LogP contribution in [0.3, 0.4) is 0 Å². The minimum atomic E-state index is 0.516. The molecule has 19 heavy (non-hydrogen) atoms. The summed E-state index contributed by atoms with van der Waals surface area (Å²) in [5.41, 5.74) is 0. The van der Waals surface area contributed by atoms with Gasteiger partial charge in [0.25, 0.3) is 0 Å². The Labute approximate surface area is 125 Å². The maximum Gasteiger partial charge on any atom is 0.0931 e. The topological polar surface area (TPSA) is 15.3 Å². The van der Waals surface area contributed by atoms with Crippen molar-refractivity contribution in [3.05, 3.63) is 21.3 Å². The van der Waals surface area contributed by atoms with E-state index in [-0.39, 0.29) is 0 Å². The summed E-state index contributed by atoms with van der Waals surface area (Å²) in [5.74, 6) is 0.991. The second-order valence-corrected chi connectivity index (χ2v) is 7.73. The highest BCUT2D eigenvalue weighted by atomic mass is 35.5. The molecule has 1 aromatic heterocycles. The molecule has 0 amide bonds. The Morgan fingerprint density at radius 2 is 2.05 bits per heavy atom. The summed E-state index contributed by atoms with van der Waals surface area (Å²) in [6.45, 7) is 5.97. The third-order valence-corrected chi connectivity index (χ3v) is 5.88. The van der Waals surface area contributed by atoms with Crippen LogP contribution in [0.15, 0.2) is 12.1 Å². The first-order valence-corrected chi connectivity index (χ1v) is 8.64. The van der Waals surface area contributed by atoms with Crippen LogP contribution in [0.2, 0.25) is 4.34 Å². The zero-order valence-corrected chi connectivity index (χ0v) is 13.1. The second kappa shape index (κ2) is 6.13. The molecule has 1 N–H and O–H groups in total. The molecule has 2 heterocycles. The van der Waals surface area contributed by atoms with Gasteiger partial charge in [-0.1, -0.05) is 11.6 Å². The van der Waals surface area contributed by atoms with E-state index < -0.39 is 0 Å². The number of thiophene rings is 1. The van der Waals surface area contributed by atoms with Gasteiger partial charge in [0.15, 0.2) is 0 Å². The molecule has 106 valence electrons. The molecule has 3 rings (SSSR count). The zero-order chi connectivity index (χ0) is 13.2. The van der Waals surface area contributed by atoms with Gasteiger partial charge in [-0.25, -0.2) is 0 Å². The van der Waals surface area contributed by atoms with E-state index in [2.05, 4.69) is 23.2 Å². The summed E-state index contributed by atoms with van der Waals surface area (Å²) in [4.78, 5) is 3.99. The average Bonchev–Trinajstić information content (AvgIpc) is 3.17. The molecule has 4 heteroatoms. The molecule has 0 bridgehead atoms. The fourth-order valence-electron chi connectivity index (χ4n) is 2.88. The van der Waals surface area contributed by atoms with Crippen molar-refractivity contribution in [2.75, 3.05) is 19.6 Å². The van der Waals surface area contributed by atoms with E-state index in [4.69, 9.17) is 11.6 Å². The van der Waals surface area contributed by atoms with E-state index in [1.165, 1.54) is 50.2 Å². The molecule has 0 radical (unpaired) electrons. The Morgan fingerprint density at radius 1 is 1.32 bits per heavy atom. The third-order valence-electron chi connectivity index (χ3n) is 4.48. The monoisotopic (exact) mass is 298 g/mol. The van der Waals surface area contributed by atoms with Crippen molar-refractivity contribution in [3.8, 4) is 0 Å². The fraction of sp³-hybridized carbons (Fsp3) is 0.733. The van der Waals surface area contributed by atoms with Gasteiger partial charge >= 0.3 is 0 Å². The molecule has 0 spiro atoms. The predicted octanol–water partition coefficient (Wildman–Crippen LogP) is 3.93. The van der Waals surface area contributed by atoms with E-state index in [9.17, 15) is 0 Å². The Bertz CT molecular complexity index is 408.